The molecule has 0 radical (unpaired) electrons. The summed E-state index contributed by atoms with van der Waals surface area (Å²) in [7, 11) is 0. The molecule has 1 N–H and O–H groups in total. The summed E-state index contributed by atoms with van der Waals surface area (Å²) in [6.07, 6.45) is -1.07. The molecule has 0 saturated heterocycles. The van der Waals surface area contributed by atoms with Gasteiger partial charge in [-0.15, -0.1) is 11.3 Å². The van der Waals surface area contributed by atoms with E-state index >= 15 is 0 Å². The average molecular weight is 276 g/mol. The molecule has 1 aromatic heterocycles. The molecular weight excluding hydrogens is 266 g/mol. The normalized spacial score (nSPS) is 12.8. The highest BCUT2D eigenvalue weighted by molar-refractivity contribution is 7.19. The second kappa shape index (κ2) is 4.72. The van der Waals surface area contributed by atoms with Crippen LogP contribution in [0.5, 0.6) is 0 Å². The molecule has 1 unspecified atom stereocenters. The zero-order valence-electron chi connectivity index (χ0n) is 9.81. The first-order valence-corrected chi connectivity index (χ1v) is 6.58. The van der Waals surface area contributed by atoms with Crippen LogP contribution < -0.4 is 0 Å². The van der Waals surface area contributed by atoms with Crippen molar-refractivity contribution in [2.75, 3.05) is 0 Å². The largest absolute Gasteiger partial charge is 0.383 e. The van der Waals surface area contributed by atoms with Crippen LogP contribution in [0.25, 0.3) is 10.1 Å². The van der Waals surface area contributed by atoms with Crippen molar-refractivity contribution in [3.63, 3.8) is 0 Å². The van der Waals surface area contributed by atoms with Gasteiger partial charge < -0.3 is 5.11 Å². The molecule has 96 valence electrons. The Balaban J connectivity index is 2.05. The number of hydrogen-bond acceptors (Lipinski definition) is 2. The standard InChI is InChI=1S/C15H10F2OS/c16-10-5-6-11(12(17)8-10)15(18)14-7-9-3-1-2-4-13(9)19-14/h1-8,15,18H. The van der Waals surface area contributed by atoms with Crippen molar-refractivity contribution < 1.29 is 13.9 Å². The van der Waals surface area contributed by atoms with Gasteiger partial charge in [-0.05, 0) is 23.6 Å². The molecule has 0 bridgehead atoms. The van der Waals surface area contributed by atoms with Crippen LogP contribution in [0.3, 0.4) is 0 Å². The average Bonchev–Trinajstić information content (AvgIpc) is 2.81. The van der Waals surface area contributed by atoms with Gasteiger partial charge in [0.25, 0.3) is 0 Å². The predicted octanol–water partition coefficient (Wildman–Crippen LogP) is 4.26. The van der Waals surface area contributed by atoms with Gasteiger partial charge in [0.1, 0.15) is 17.7 Å². The second-order valence-electron chi connectivity index (χ2n) is 4.25. The molecule has 3 rings (SSSR count). The van der Waals surface area contributed by atoms with Crippen LogP contribution in [0.4, 0.5) is 8.78 Å². The maximum absolute atomic E-state index is 13.6. The first-order valence-electron chi connectivity index (χ1n) is 5.76. The smallest absolute Gasteiger partial charge is 0.132 e. The minimum absolute atomic E-state index is 0.0907. The minimum Gasteiger partial charge on any atom is -0.383 e. The molecule has 0 aliphatic heterocycles. The highest BCUT2D eigenvalue weighted by Crippen LogP contribution is 2.33. The fourth-order valence-electron chi connectivity index (χ4n) is 2.01. The maximum Gasteiger partial charge on any atom is 0.132 e. The Morgan fingerprint density at radius 3 is 2.53 bits per heavy atom. The van der Waals surface area contributed by atoms with E-state index in [1.165, 1.54) is 17.4 Å². The third-order valence-electron chi connectivity index (χ3n) is 2.97. The van der Waals surface area contributed by atoms with Gasteiger partial charge in [-0.3, -0.25) is 0 Å². The van der Waals surface area contributed by atoms with Crippen LogP contribution in [0.2, 0.25) is 0 Å². The van der Waals surface area contributed by atoms with Crippen molar-refractivity contribution in [1.82, 2.24) is 0 Å². The summed E-state index contributed by atoms with van der Waals surface area (Å²) in [4.78, 5) is 0.645. The van der Waals surface area contributed by atoms with Gasteiger partial charge in [-0.2, -0.15) is 0 Å². The molecule has 0 aliphatic carbocycles. The lowest BCUT2D eigenvalue weighted by Gasteiger charge is -2.09. The Hall–Kier alpha value is -1.78. The summed E-state index contributed by atoms with van der Waals surface area (Å²) < 4.78 is 27.5. The van der Waals surface area contributed by atoms with Crippen LogP contribution in [0, 0.1) is 11.6 Å². The van der Waals surface area contributed by atoms with E-state index in [1.54, 1.807) is 0 Å². The molecule has 2 aromatic carbocycles. The Bertz CT molecular complexity index is 703. The monoisotopic (exact) mass is 276 g/mol. The Labute approximate surface area is 112 Å². The number of benzene rings is 2. The molecule has 1 nitrogen and oxygen atoms in total. The van der Waals surface area contributed by atoms with E-state index in [4.69, 9.17) is 0 Å². The quantitative estimate of drug-likeness (QED) is 0.741. The molecule has 0 aliphatic rings. The van der Waals surface area contributed by atoms with Crippen LogP contribution in [-0.4, -0.2) is 5.11 Å². The second-order valence-corrected chi connectivity index (χ2v) is 5.37. The molecular formula is C15H10F2OS. The Kier molecular flexibility index (Phi) is 3.05. The lowest BCUT2D eigenvalue weighted by atomic mass is 10.1. The first-order chi connectivity index (χ1) is 9.15. The number of thiophene rings is 1. The first kappa shape index (κ1) is 12.3. The number of hydrogen-bond donors (Lipinski definition) is 1. The third kappa shape index (κ3) is 2.25. The van der Waals surface area contributed by atoms with E-state index < -0.39 is 17.7 Å². The van der Waals surface area contributed by atoms with Gasteiger partial charge in [0.05, 0.1) is 0 Å². The van der Waals surface area contributed by atoms with Gasteiger partial charge in [0.2, 0.25) is 0 Å². The Morgan fingerprint density at radius 2 is 1.79 bits per heavy atom. The highest BCUT2D eigenvalue weighted by Gasteiger charge is 2.17. The molecule has 1 atom stereocenters. The SMILES string of the molecule is OC(c1cc2ccccc2s1)c1ccc(F)cc1F. The fraction of sp³-hybridized carbons (Fsp3) is 0.0667. The molecule has 0 spiro atoms. The summed E-state index contributed by atoms with van der Waals surface area (Å²) in [6.45, 7) is 0. The molecule has 4 heteroatoms. The van der Waals surface area contributed by atoms with Crippen molar-refractivity contribution in [1.29, 1.82) is 0 Å². The molecule has 0 amide bonds. The van der Waals surface area contributed by atoms with E-state index in [2.05, 4.69) is 0 Å². The van der Waals surface area contributed by atoms with Crippen molar-refractivity contribution in [3.05, 3.63) is 70.6 Å². The molecule has 19 heavy (non-hydrogen) atoms. The van der Waals surface area contributed by atoms with E-state index in [0.717, 1.165) is 22.2 Å². The zero-order chi connectivity index (χ0) is 13.4. The van der Waals surface area contributed by atoms with Crippen molar-refractivity contribution in [3.8, 4) is 0 Å². The molecule has 3 aromatic rings. The lowest BCUT2D eigenvalue weighted by Crippen LogP contribution is -2.00. The van der Waals surface area contributed by atoms with Crippen LogP contribution in [0.15, 0.2) is 48.5 Å². The topological polar surface area (TPSA) is 20.2 Å². The summed E-state index contributed by atoms with van der Waals surface area (Å²) >= 11 is 1.40. The van der Waals surface area contributed by atoms with Crippen LogP contribution in [0.1, 0.15) is 16.5 Å². The zero-order valence-corrected chi connectivity index (χ0v) is 10.6. The summed E-state index contributed by atoms with van der Waals surface area (Å²) in [5.74, 6) is -1.38. The van der Waals surface area contributed by atoms with Gasteiger partial charge in [-0.25, -0.2) is 8.78 Å². The molecule has 0 fully saturated rings. The maximum atomic E-state index is 13.6. The minimum atomic E-state index is -1.07. The van der Waals surface area contributed by atoms with E-state index in [9.17, 15) is 13.9 Å². The van der Waals surface area contributed by atoms with E-state index in [0.29, 0.717) is 4.88 Å². The Morgan fingerprint density at radius 1 is 1.00 bits per heavy atom. The van der Waals surface area contributed by atoms with Gasteiger partial charge in [0, 0.05) is 21.2 Å². The number of aliphatic hydroxyl groups excluding tert-OH is 1. The van der Waals surface area contributed by atoms with Gasteiger partial charge >= 0.3 is 0 Å². The predicted molar refractivity (Wildman–Crippen MR) is 72.2 cm³/mol. The number of rotatable bonds is 2. The van der Waals surface area contributed by atoms with Gasteiger partial charge in [-0.1, -0.05) is 24.3 Å². The third-order valence-corrected chi connectivity index (χ3v) is 4.14. The molecule has 1 heterocycles. The van der Waals surface area contributed by atoms with Crippen molar-refractivity contribution in [2.24, 2.45) is 0 Å². The van der Waals surface area contributed by atoms with Crippen molar-refractivity contribution in [2.45, 2.75) is 6.10 Å². The van der Waals surface area contributed by atoms with E-state index in [1.807, 2.05) is 30.3 Å². The number of fused-ring (bicyclic) bond motifs is 1. The number of halogens is 2. The van der Waals surface area contributed by atoms with Gasteiger partial charge in [0.15, 0.2) is 0 Å². The summed E-state index contributed by atoms with van der Waals surface area (Å²) in [5.41, 5.74) is 0.0907. The number of aliphatic hydroxyl groups is 1. The summed E-state index contributed by atoms with van der Waals surface area (Å²) in [6, 6.07) is 12.7. The van der Waals surface area contributed by atoms with Crippen molar-refractivity contribution >= 4 is 21.4 Å². The lowest BCUT2D eigenvalue weighted by molar-refractivity contribution is 0.218. The van der Waals surface area contributed by atoms with Crippen LogP contribution >= 0.6 is 11.3 Å². The van der Waals surface area contributed by atoms with E-state index in [-0.39, 0.29) is 5.56 Å². The fourth-order valence-corrected chi connectivity index (χ4v) is 3.08. The summed E-state index contributed by atoms with van der Waals surface area (Å²) in [5, 5.41) is 11.2. The molecule has 0 saturated carbocycles. The highest BCUT2D eigenvalue weighted by atomic mass is 32.1. The van der Waals surface area contributed by atoms with Crippen LogP contribution in [-0.2, 0) is 0 Å².